The Morgan fingerprint density at radius 1 is 0.619 bits per heavy atom. The summed E-state index contributed by atoms with van der Waals surface area (Å²) in [5.41, 5.74) is 0. The van der Waals surface area contributed by atoms with Gasteiger partial charge in [-0.2, -0.15) is 0 Å². The van der Waals surface area contributed by atoms with E-state index < -0.39 is 0 Å². The second-order valence-corrected chi connectivity index (χ2v) is 6.26. The van der Waals surface area contributed by atoms with Gasteiger partial charge in [0.1, 0.15) is 0 Å². The summed E-state index contributed by atoms with van der Waals surface area (Å²) in [6.07, 6.45) is 27.3. The molecule has 21 heavy (non-hydrogen) atoms. The predicted molar refractivity (Wildman–Crippen MR) is 94.4 cm³/mol. The summed E-state index contributed by atoms with van der Waals surface area (Å²) in [6, 6.07) is 0. The fourth-order valence-corrected chi connectivity index (χ4v) is 2.76. The molecule has 0 unspecified atom stereocenters. The van der Waals surface area contributed by atoms with E-state index in [-0.39, 0.29) is 0 Å². The van der Waals surface area contributed by atoms with Gasteiger partial charge in [0, 0.05) is 0 Å². The highest BCUT2D eigenvalue weighted by atomic mass is 16.1. The van der Waals surface area contributed by atoms with Crippen LogP contribution in [0, 0.1) is 0 Å². The van der Waals surface area contributed by atoms with Gasteiger partial charge in [0.2, 0.25) is 6.29 Å². The lowest BCUT2D eigenvalue weighted by atomic mass is 10.0. The molecule has 0 heterocycles. The van der Waals surface area contributed by atoms with Gasteiger partial charge in [0.25, 0.3) is 0 Å². The van der Waals surface area contributed by atoms with E-state index in [2.05, 4.69) is 6.92 Å². The van der Waals surface area contributed by atoms with Gasteiger partial charge < -0.3 is 0 Å². The van der Waals surface area contributed by atoms with Crippen LogP contribution in [-0.2, 0) is 4.79 Å². The zero-order valence-corrected chi connectivity index (χ0v) is 14.4. The smallest absolute Gasteiger partial charge is 0.225 e. The summed E-state index contributed by atoms with van der Waals surface area (Å²) in [7, 11) is 0. The first-order valence-electron chi connectivity index (χ1n) is 9.44. The Labute approximate surface area is 133 Å². The van der Waals surface area contributed by atoms with Crippen molar-refractivity contribution in [2.45, 2.75) is 110 Å². The third-order valence-corrected chi connectivity index (χ3v) is 4.16. The molecule has 0 N–H and O–H groups in total. The van der Waals surface area contributed by atoms with Crippen molar-refractivity contribution in [2.75, 3.05) is 0 Å². The predicted octanol–water partition coefficient (Wildman–Crippen LogP) is 6.91. The molecule has 0 spiro atoms. The monoisotopic (exact) mass is 293 g/mol. The Morgan fingerprint density at radius 2 is 1.00 bits per heavy atom. The van der Waals surface area contributed by atoms with Crippen molar-refractivity contribution in [3.8, 4) is 0 Å². The molecule has 1 nitrogen and oxygen atoms in total. The van der Waals surface area contributed by atoms with Gasteiger partial charge in [0.05, 0.1) is 0 Å². The first kappa shape index (κ1) is 20.4. The first-order valence-corrected chi connectivity index (χ1v) is 9.44. The zero-order valence-electron chi connectivity index (χ0n) is 14.4. The maximum absolute atomic E-state index is 9.95. The zero-order chi connectivity index (χ0) is 15.4. The summed E-state index contributed by atoms with van der Waals surface area (Å²) in [6.45, 7) is 2.28. The van der Waals surface area contributed by atoms with Crippen LogP contribution < -0.4 is 0 Å². The number of hydrogen-bond acceptors (Lipinski definition) is 1. The van der Waals surface area contributed by atoms with Crippen LogP contribution in [0.1, 0.15) is 110 Å². The van der Waals surface area contributed by atoms with Gasteiger partial charge >= 0.3 is 0 Å². The van der Waals surface area contributed by atoms with Gasteiger partial charge in [-0.05, 0) is 18.9 Å². The molecule has 0 aromatic heterocycles. The van der Waals surface area contributed by atoms with Crippen molar-refractivity contribution in [1.82, 2.24) is 0 Å². The van der Waals surface area contributed by atoms with E-state index in [0.29, 0.717) is 0 Å². The van der Waals surface area contributed by atoms with Crippen LogP contribution in [0.15, 0.2) is 12.2 Å². The molecule has 0 aromatic rings. The minimum Gasteiger partial charge on any atom is -0.286 e. The van der Waals surface area contributed by atoms with Gasteiger partial charge in [-0.3, -0.25) is 4.79 Å². The highest BCUT2D eigenvalue weighted by molar-refractivity contribution is 5.65. The minimum atomic E-state index is 1.04. The Morgan fingerprint density at radius 3 is 1.38 bits per heavy atom. The molecule has 0 rings (SSSR count). The average molecular weight is 294 g/mol. The molecule has 1 radical (unpaired) electrons. The second-order valence-electron chi connectivity index (χ2n) is 6.26. The van der Waals surface area contributed by atoms with E-state index >= 15 is 0 Å². The standard InChI is InChI=1S/C20H37O/c1-2-3-4-5-6-7-8-9-10-11-12-13-14-15-16-17-18-19-20-21/h18-19H,2-17H2,1H3. The SMILES string of the molecule is CCCCCCCCCCCCCCCCCC=C[C]=O. The van der Waals surface area contributed by atoms with Crippen molar-refractivity contribution in [2.24, 2.45) is 0 Å². The van der Waals surface area contributed by atoms with Gasteiger partial charge in [-0.25, -0.2) is 0 Å². The van der Waals surface area contributed by atoms with Crippen molar-refractivity contribution < 1.29 is 4.79 Å². The number of rotatable bonds is 17. The molecule has 0 bridgehead atoms. The van der Waals surface area contributed by atoms with Gasteiger partial charge in [-0.1, -0.05) is 103 Å². The van der Waals surface area contributed by atoms with E-state index in [1.807, 2.05) is 6.08 Å². The lowest BCUT2D eigenvalue weighted by molar-refractivity contribution is 0.533. The fourth-order valence-electron chi connectivity index (χ4n) is 2.76. The Kier molecular flexibility index (Phi) is 18.9. The van der Waals surface area contributed by atoms with E-state index in [9.17, 15) is 4.79 Å². The number of unbranched alkanes of at least 4 members (excludes halogenated alkanes) is 15. The normalized spacial score (nSPS) is 11.3. The van der Waals surface area contributed by atoms with Crippen LogP contribution in [0.5, 0.6) is 0 Å². The van der Waals surface area contributed by atoms with E-state index in [1.165, 1.54) is 102 Å². The van der Waals surface area contributed by atoms with Gasteiger partial charge in [-0.15, -0.1) is 0 Å². The third kappa shape index (κ3) is 19.4. The summed E-state index contributed by atoms with van der Waals surface area (Å²) in [4.78, 5) is 9.95. The van der Waals surface area contributed by atoms with Gasteiger partial charge in [0.15, 0.2) is 0 Å². The molecule has 0 amide bonds. The molecule has 0 aliphatic heterocycles. The molecule has 1 heteroatoms. The molecule has 0 saturated heterocycles. The Bertz CT molecular complexity index is 220. The average Bonchev–Trinajstić information content (AvgIpc) is 2.50. The molecular weight excluding hydrogens is 256 g/mol. The fraction of sp³-hybridized carbons (Fsp3) is 0.850. The summed E-state index contributed by atoms with van der Waals surface area (Å²) in [5.74, 6) is 0. The van der Waals surface area contributed by atoms with E-state index in [1.54, 1.807) is 6.29 Å². The van der Waals surface area contributed by atoms with Crippen LogP contribution >= 0.6 is 0 Å². The highest BCUT2D eigenvalue weighted by Gasteiger charge is 1.93. The minimum absolute atomic E-state index is 1.04. The van der Waals surface area contributed by atoms with Crippen molar-refractivity contribution in [3.63, 3.8) is 0 Å². The second kappa shape index (κ2) is 19.4. The van der Waals surface area contributed by atoms with Crippen LogP contribution in [0.4, 0.5) is 0 Å². The number of carbonyl (C=O) groups excluding carboxylic acids is 1. The molecule has 0 saturated carbocycles. The third-order valence-electron chi connectivity index (χ3n) is 4.16. The topological polar surface area (TPSA) is 17.1 Å². The van der Waals surface area contributed by atoms with Crippen molar-refractivity contribution >= 4 is 6.29 Å². The van der Waals surface area contributed by atoms with Crippen LogP contribution in [0.25, 0.3) is 0 Å². The highest BCUT2D eigenvalue weighted by Crippen LogP contribution is 2.13. The molecular formula is C20H37O. The van der Waals surface area contributed by atoms with Crippen LogP contribution in [0.3, 0.4) is 0 Å². The maximum Gasteiger partial charge on any atom is 0.225 e. The first-order chi connectivity index (χ1) is 10.4. The molecule has 0 atom stereocenters. The lowest BCUT2D eigenvalue weighted by Gasteiger charge is -2.03. The van der Waals surface area contributed by atoms with Crippen LogP contribution in [0.2, 0.25) is 0 Å². The Hall–Kier alpha value is -0.590. The molecule has 0 aliphatic rings. The summed E-state index contributed by atoms with van der Waals surface area (Å²) < 4.78 is 0. The molecule has 123 valence electrons. The quantitative estimate of drug-likeness (QED) is 0.210. The lowest BCUT2D eigenvalue weighted by Crippen LogP contribution is -1.83. The maximum atomic E-state index is 9.95. The molecule has 0 fully saturated rings. The molecule has 0 aliphatic carbocycles. The number of allylic oxidation sites excluding steroid dienone is 2. The molecule has 0 aromatic carbocycles. The van der Waals surface area contributed by atoms with Crippen molar-refractivity contribution in [3.05, 3.63) is 12.2 Å². The van der Waals surface area contributed by atoms with E-state index in [0.717, 1.165) is 6.42 Å². The van der Waals surface area contributed by atoms with E-state index in [4.69, 9.17) is 0 Å². The number of hydrogen-bond donors (Lipinski definition) is 0. The largest absolute Gasteiger partial charge is 0.286 e. The van der Waals surface area contributed by atoms with Crippen LogP contribution in [-0.4, -0.2) is 6.29 Å². The Balaban J connectivity index is 2.96. The summed E-state index contributed by atoms with van der Waals surface area (Å²) in [5, 5.41) is 0. The summed E-state index contributed by atoms with van der Waals surface area (Å²) >= 11 is 0. The van der Waals surface area contributed by atoms with Crippen molar-refractivity contribution in [1.29, 1.82) is 0 Å².